The second kappa shape index (κ2) is 7.77. The highest BCUT2D eigenvalue weighted by Gasteiger charge is 2.24. The number of ether oxygens (including phenoxy) is 2. The first-order chi connectivity index (χ1) is 14.1. The minimum atomic E-state index is 0.204. The Hall–Kier alpha value is -3.64. The molecule has 1 aromatic carbocycles. The summed E-state index contributed by atoms with van der Waals surface area (Å²) >= 11 is 0. The Morgan fingerprint density at radius 1 is 1.24 bits per heavy atom. The van der Waals surface area contributed by atoms with Crippen LogP contribution in [0, 0.1) is 11.3 Å². The number of aromatic nitrogens is 4. The van der Waals surface area contributed by atoms with Crippen molar-refractivity contribution in [3.05, 3.63) is 42.2 Å². The Morgan fingerprint density at radius 2 is 2.10 bits per heavy atom. The third-order valence-corrected chi connectivity index (χ3v) is 5.05. The highest BCUT2D eigenvalue weighted by Crippen LogP contribution is 2.35. The van der Waals surface area contributed by atoms with E-state index in [4.69, 9.17) is 15.2 Å². The highest BCUT2D eigenvalue weighted by atomic mass is 16.5. The van der Waals surface area contributed by atoms with Gasteiger partial charge in [0.1, 0.15) is 23.2 Å². The minimum absolute atomic E-state index is 0.204. The number of nitriles is 1. The van der Waals surface area contributed by atoms with Crippen LogP contribution >= 0.6 is 0 Å². The van der Waals surface area contributed by atoms with Crippen LogP contribution in [0.3, 0.4) is 0 Å². The van der Waals surface area contributed by atoms with Crippen LogP contribution in [0.25, 0.3) is 16.9 Å². The van der Waals surface area contributed by atoms with Gasteiger partial charge < -0.3 is 20.1 Å². The van der Waals surface area contributed by atoms with Gasteiger partial charge in [-0.1, -0.05) is 5.21 Å². The largest absolute Gasteiger partial charge is 0.497 e. The lowest BCUT2D eigenvalue weighted by Gasteiger charge is -2.21. The summed E-state index contributed by atoms with van der Waals surface area (Å²) in [7, 11) is 3.35. The predicted octanol–water partition coefficient (Wildman–Crippen LogP) is 2.02. The normalized spacial score (nSPS) is 16.0. The third kappa shape index (κ3) is 3.58. The number of benzene rings is 1. The van der Waals surface area contributed by atoms with E-state index in [0.717, 1.165) is 30.8 Å². The van der Waals surface area contributed by atoms with Crippen molar-refractivity contribution in [1.29, 1.82) is 5.26 Å². The third-order valence-electron chi connectivity index (χ3n) is 5.05. The van der Waals surface area contributed by atoms with E-state index in [1.807, 2.05) is 18.2 Å². The average Bonchev–Trinajstić information content (AvgIpc) is 3.44. The first kappa shape index (κ1) is 18.7. The Morgan fingerprint density at radius 3 is 2.76 bits per heavy atom. The quantitative estimate of drug-likeness (QED) is 0.702. The fourth-order valence-electron chi connectivity index (χ4n) is 3.57. The molecule has 9 heteroatoms. The van der Waals surface area contributed by atoms with E-state index < -0.39 is 0 Å². The molecule has 4 rings (SSSR count). The second-order valence-corrected chi connectivity index (χ2v) is 6.76. The number of hydrogen-bond acceptors (Lipinski definition) is 8. The SMILES string of the molecule is COc1cc(-c2cc(N)nc(-n3ccnn3)c2C#N)cc(N2CCC(OC)C2)c1. The molecule has 0 spiro atoms. The van der Waals surface area contributed by atoms with Crippen molar-refractivity contribution < 1.29 is 9.47 Å². The van der Waals surface area contributed by atoms with E-state index >= 15 is 0 Å². The summed E-state index contributed by atoms with van der Waals surface area (Å²) in [4.78, 5) is 6.54. The van der Waals surface area contributed by atoms with E-state index in [1.54, 1.807) is 26.5 Å². The summed E-state index contributed by atoms with van der Waals surface area (Å²) in [6, 6.07) is 9.83. The van der Waals surface area contributed by atoms with Gasteiger partial charge in [-0.25, -0.2) is 9.67 Å². The maximum absolute atomic E-state index is 9.87. The van der Waals surface area contributed by atoms with Crippen LogP contribution in [0.4, 0.5) is 11.5 Å². The van der Waals surface area contributed by atoms with Gasteiger partial charge in [-0.3, -0.25) is 0 Å². The zero-order valence-electron chi connectivity index (χ0n) is 16.2. The second-order valence-electron chi connectivity index (χ2n) is 6.76. The monoisotopic (exact) mass is 391 g/mol. The standard InChI is InChI=1S/C20H21N7O2/c1-28-15-3-5-26(12-15)14-7-13(8-16(9-14)29-2)17-10-19(22)24-20(18(17)11-21)27-6-4-23-25-27/h4,6-10,15H,3,5,12H2,1-2H3,(H2,22,24). The fourth-order valence-corrected chi connectivity index (χ4v) is 3.57. The Labute approximate surface area is 168 Å². The molecule has 9 nitrogen and oxygen atoms in total. The molecule has 29 heavy (non-hydrogen) atoms. The first-order valence-corrected chi connectivity index (χ1v) is 9.17. The number of anilines is 2. The van der Waals surface area contributed by atoms with Gasteiger partial charge in [0, 0.05) is 37.5 Å². The van der Waals surface area contributed by atoms with Crippen LogP contribution in [-0.2, 0) is 4.74 Å². The van der Waals surface area contributed by atoms with Crippen molar-refractivity contribution in [3.63, 3.8) is 0 Å². The lowest BCUT2D eigenvalue weighted by atomic mass is 10.00. The molecule has 1 aliphatic rings. The van der Waals surface area contributed by atoms with Crippen molar-refractivity contribution >= 4 is 11.5 Å². The smallest absolute Gasteiger partial charge is 0.175 e. The maximum atomic E-state index is 9.87. The van der Waals surface area contributed by atoms with Crippen LogP contribution in [0.15, 0.2) is 36.7 Å². The van der Waals surface area contributed by atoms with Gasteiger partial charge in [-0.15, -0.1) is 5.10 Å². The Bertz CT molecular complexity index is 1060. The average molecular weight is 391 g/mol. The minimum Gasteiger partial charge on any atom is -0.497 e. The van der Waals surface area contributed by atoms with E-state index in [0.29, 0.717) is 22.7 Å². The molecule has 2 N–H and O–H groups in total. The van der Waals surface area contributed by atoms with Crippen molar-refractivity contribution in [2.45, 2.75) is 12.5 Å². The summed E-state index contributed by atoms with van der Waals surface area (Å²) in [6.07, 6.45) is 4.31. The first-order valence-electron chi connectivity index (χ1n) is 9.17. The molecule has 1 aliphatic heterocycles. The molecule has 0 radical (unpaired) electrons. The van der Waals surface area contributed by atoms with Crippen molar-refractivity contribution in [1.82, 2.24) is 20.0 Å². The molecular weight excluding hydrogens is 370 g/mol. The number of nitrogen functional groups attached to an aromatic ring is 1. The molecule has 1 unspecified atom stereocenters. The lowest BCUT2D eigenvalue weighted by Crippen LogP contribution is -2.22. The van der Waals surface area contributed by atoms with Gasteiger partial charge in [0.15, 0.2) is 5.82 Å². The number of pyridine rings is 1. The summed E-state index contributed by atoms with van der Waals surface area (Å²) in [5.41, 5.74) is 8.89. The molecule has 3 heterocycles. The van der Waals surface area contributed by atoms with Gasteiger partial charge in [-0.2, -0.15) is 5.26 Å². The van der Waals surface area contributed by atoms with Gasteiger partial charge >= 0.3 is 0 Å². The van der Waals surface area contributed by atoms with Crippen LogP contribution in [0.2, 0.25) is 0 Å². The van der Waals surface area contributed by atoms with E-state index in [9.17, 15) is 5.26 Å². The molecule has 3 aromatic rings. The summed E-state index contributed by atoms with van der Waals surface area (Å²) in [5, 5.41) is 17.6. The maximum Gasteiger partial charge on any atom is 0.175 e. The van der Waals surface area contributed by atoms with Crippen LogP contribution in [-0.4, -0.2) is 53.4 Å². The van der Waals surface area contributed by atoms with Crippen molar-refractivity contribution in [2.75, 3.05) is 37.9 Å². The van der Waals surface area contributed by atoms with Gasteiger partial charge in [0.25, 0.3) is 0 Å². The fraction of sp³-hybridized carbons (Fsp3) is 0.300. The molecule has 0 amide bonds. The van der Waals surface area contributed by atoms with Gasteiger partial charge in [0.2, 0.25) is 0 Å². The number of nitrogens with zero attached hydrogens (tertiary/aromatic N) is 6. The number of hydrogen-bond donors (Lipinski definition) is 1. The summed E-state index contributed by atoms with van der Waals surface area (Å²) < 4.78 is 12.4. The number of methoxy groups -OCH3 is 2. The molecular formula is C20H21N7O2. The molecule has 2 aromatic heterocycles. The molecule has 1 saturated heterocycles. The Kier molecular flexibility index (Phi) is 5.01. The van der Waals surface area contributed by atoms with Gasteiger partial charge in [0.05, 0.1) is 25.6 Å². The molecule has 0 saturated carbocycles. The van der Waals surface area contributed by atoms with Crippen LogP contribution in [0.5, 0.6) is 5.75 Å². The van der Waals surface area contributed by atoms with Gasteiger partial charge in [-0.05, 0) is 30.2 Å². The predicted molar refractivity (Wildman–Crippen MR) is 108 cm³/mol. The lowest BCUT2D eigenvalue weighted by molar-refractivity contribution is 0.121. The summed E-state index contributed by atoms with van der Waals surface area (Å²) in [5.74, 6) is 1.32. The zero-order chi connectivity index (χ0) is 20.4. The molecule has 148 valence electrons. The van der Waals surface area contributed by atoms with Crippen molar-refractivity contribution in [2.24, 2.45) is 0 Å². The molecule has 1 fully saturated rings. The summed E-state index contributed by atoms with van der Waals surface area (Å²) in [6.45, 7) is 1.69. The Balaban J connectivity index is 1.85. The topological polar surface area (TPSA) is 115 Å². The molecule has 0 bridgehead atoms. The highest BCUT2D eigenvalue weighted by molar-refractivity contribution is 5.79. The van der Waals surface area contributed by atoms with E-state index in [1.165, 1.54) is 10.9 Å². The number of rotatable bonds is 5. The van der Waals surface area contributed by atoms with Crippen LogP contribution < -0.4 is 15.4 Å². The van der Waals surface area contributed by atoms with Crippen molar-refractivity contribution in [3.8, 4) is 28.8 Å². The van der Waals surface area contributed by atoms with E-state index in [2.05, 4.69) is 26.3 Å². The zero-order valence-corrected chi connectivity index (χ0v) is 16.2. The van der Waals surface area contributed by atoms with E-state index in [-0.39, 0.29) is 11.9 Å². The molecule has 0 aliphatic carbocycles. The number of nitrogens with two attached hydrogens (primary N) is 1. The van der Waals surface area contributed by atoms with Crippen LogP contribution in [0.1, 0.15) is 12.0 Å². The molecule has 1 atom stereocenters.